The zero-order valence-electron chi connectivity index (χ0n) is 10.5. The summed E-state index contributed by atoms with van der Waals surface area (Å²) in [6, 6.07) is 4.96. The van der Waals surface area contributed by atoms with E-state index in [-0.39, 0.29) is 5.11 Å². The highest BCUT2D eigenvalue weighted by Gasteiger charge is 2.34. The highest BCUT2D eigenvalue weighted by molar-refractivity contribution is 7.80. The SMILES string of the molecule is CC(=O)N[C@H](NC(=S)Nc1c(Cl)cccc1Cl)C(Cl)(Cl)Cl. The van der Waals surface area contributed by atoms with E-state index in [1.807, 2.05) is 0 Å². The van der Waals surface area contributed by atoms with Gasteiger partial charge in [-0.3, -0.25) is 4.79 Å². The average molecular weight is 410 g/mol. The molecule has 116 valence electrons. The first-order chi connectivity index (χ1) is 9.61. The molecule has 0 saturated heterocycles. The van der Waals surface area contributed by atoms with Gasteiger partial charge in [0.25, 0.3) is 0 Å². The maximum Gasteiger partial charge on any atom is 0.228 e. The van der Waals surface area contributed by atoms with Crippen LogP contribution < -0.4 is 16.0 Å². The van der Waals surface area contributed by atoms with Crippen molar-refractivity contribution >= 4 is 86.9 Å². The minimum absolute atomic E-state index is 0.0788. The number of amides is 1. The fraction of sp³-hybridized carbons (Fsp3) is 0.273. The van der Waals surface area contributed by atoms with Crippen molar-refractivity contribution in [3.05, 3.63) is 28.2 Å². The summed E-state index contributed by atoms with van der Waals surface area (Å²) in [4.78, 5) is 11.1. The van der Waals surface area contributed by atoms with Gasteiger partial charge in [0, 0.05) is 6.92 Å². The molecule has 1 amide bonds. The third-order valence-corrected chi connectivity index (χ3v) is 3.66. The van der Waals surface area contributed by atoms with Gasteiger partial charge in [-0.15, -0.1) is 0 Å². The Bertz CT molecular complexity index is 529. The Labute approximate surface area is 152 Å². The van der Waals surface area contributed by atoms with Crippen LogP contribution in [0.2, 0.25) is 10.0 Å². The Morgan fingerprint density at radius 1 is 1.19 bits per heavy atom. The molecule has 0 unspecified atom stereocenters. The van der Waals surface area contributed by atoms with Crippen molar-refractivity contribution in [1.82, 2.24) is 10.6 Å². The number of rotatable bonds is 3. The molecule has 0 radical (unpaired) electrons. The Morgan fingerprint density at radius 3 is 2.14 bits per heavy atom. The fourth-order valence-electron chi connectivity index (χ4n) is 1.30. The maximum absolute atomic E-state index is 11.1. The second-order valence-electron chi connectivity index (χ2n) is 3.87. The summed E-state index contributed by atoms with van der Waals surface area (Å²) in [7, 11) is 0. The van der Waals surface area contributed by atoms with Crippen LogP contribution in [-0.4, -0.2) is 21.0 Å². The summed E-state index contributed by atoms with van der Waals surface area (Å²) in [5.74, 6) is -0.391. The number of carbonyl (C=O) groups is 1. The van der Waals surface area contributed by atoms with E-state index in [1.54, 1.807) is 18.2 Å². The van der Waals surface area contributed by atoms with Gasteiger partial charge in [-0.05, 0) is 24.4 Å². The van der Waals surface area contributed by atoms with Crippen LogP contribution in [0.5, 0.6) is 0 Å². The molecule has 0 spiro atoms. The molecule has 1 aromatic rings. The van der Waals surface area contributed by atoms with E-state index in [4.69, 9.17) is 70.2 Å². The van der Waals surface area contributed by atoms with E-state index in [0.717, 1.165) is 0 Å². The number of anilines is 1. The number of benzene rings is 1. The second kappa shape index (κ2) is 7.90. The molecule has 0 aliphatic heterocycles. The molecule has 21 heavy (non-hydrogen) atoms. The van der Waals surface area contributed by atoms with Crippen molar-refractivity contribution in [2.24, 2.45) is 0 Å². The van der Waals surface area contributed by atoms with E-state index in [2.05, 4.69) is 16.0 Å². The van der Waals surface area contributed by atoms with Crippen LogP contribution in [0, 0.1) is 0 Å². The van der Waals surface area contributed by atoms with Crippen molar-refractivity contribution in [2.75, 3.05) is 5.32 Å². The highest BCUT2D eigenvalue weighted by atomic mass is 35.6. The minimum Gasteiger partial charge on any atom is -0.339 e. The Morgan fingerprint density at radius 2 is 1.71 bits per heavy atom. The van der Waals surface area contributed by atoms with Gasteiger partial charge in [0.05, 0.1) is 15.7 Å². The predicted octanol–water partition coefficient (Wildman–Crippen LogP) is 4.11. The maximum atomic E-state index is 11.1. The van der Waals surface area contributed by atoms with E-state index in [1.165, 1.54) is 6.92 Å². The summed E-state index contributed by atoms with van der Waals surface area (Å²) in [6.07, 6.45) is -1.03. The first-order valence-electron chi connectivity index (χ1n) is 5.46. The van der Waals surface area contributed by atoms with Crippen LogP contribution in [-0.2, 0) is 4.79 Å². The van der Waals surface area contributed by atoms with E-state index < -0.39 is 15.9 Å². The van der Waals surface area contributed by atoms with Gasteiger partial charge in [0.1, 0.15) is 6.17 Å². The van der Waals surface area contributed by atoms with Crippen LogP contribution in [0.25, 0.3) is 0 Å². The van der Waals surface area contributed by atoms with Crippen LogP contribution in [0.1, 0.15) is 6.92 Å². The van der Waals surface area contributed by atoms with Gasteiger partial charge in [-0.2, -0.15) is 0 Å². The molecule has 10 heteroatoms. The number of para-hydroxylation sites is 1. The molecule has 0 aromatic heterocycles. The Kier molecular flexibility index (Phi) is 7.10. The number of hydrogen-bond acceptors (Lipinski definition) is 2. The first kappa shape index (κ1) is 18.9. The van der Waals surface area contributed by atoms with Gasteiger partial charge in [0.15, 0.2) is 5.11 Å². The predicted molar refractivity (Wildman–Crippen MR) is 93.7 cm³/mol. The molecule has 1 aromatic carbocycles. The number of carbonyl (C=O) groups excluding carboxylic acids is 1. The summed E-state index contributed by atoms with van der Waals surface area (Å²) < 4.78 is -1.80. The zero-order valence-corrected chi connectivity index (χ0v) is 15.1. The van der Waals surface area contributed by atoms with Crippen molar-refractivity contribution in [1.29, 1.82) is 0 Å². The van der Waals surface area contributed by atoms with Gasteiger partial charge >= 0.3 is 0 Å². The Balaban J connectivity index is 2.81. The van der Waals surface area contributed by atoms with Gasteiger partial charge in [0.2, 0.25) is 9.70 Å². The van der Waals surface area contributed by atoms with E-state index in [0.29, 0.717) is 15.7 Å². The quantitative estimate of drug-likeness (QED) is 0.400. The fourth-order valence-corrected chi connectivity index (χ4v) is 2.34. The van der Waals surface area contributed by atoms with Gasteiger partial charge in [-0.25, -0.2) is 0 Å². The van der Waals surface area contributed by atoms with Crippen molar-refractivity contribution in [3.8, 4) is 0 Å². The summed E-state index contributed by atoms with van der Waals surface area (Å²) >= 11 is 34.4. The summed E-state index contributed by atoms with van der Waals surface area (Å²) in [6.45, 7) is 1.28. The van der Waals surface area contributed by atoms with Crippen LogP contribution in [0.3, 0.4) is 0 Å². The van der Waals surface area contributed by atoms with E-state index >= 15 is 0 Å². The number of thiocarbonyl (C=S) groups is 1. The number of hydrogen-bond donors (Lipinski definition) is 3. The standard InChI is InChI=1S/C11H10Cl5N3OS/c1-5(20)17-9(11(14,15)16)19-10(21)18-8-6(12)3-2-4-7(8)13/h2-4,9H,1H3,(H,17,20)(H2,18,19,21)/t9-/m1/s1. The zero-order chi connectivity index (χ0) is 16.2. The number of nitrogens with one attached hydrogen (secondary N) is 3. The highest BCUT2D eigenvalue weighted by Crippen LogP contribution is 2.31. The molecule has 4 nitrogen and oxygen atoms in total. The molecule has 0 saturated carbocycles. The normalized spacial score (nSPS) is 12.5. The Hall–Kier alpha value is -0.170. The largest absolute Gasteiger partial charge is 0.339 e. The lowest BCUT2D eigenvalue weighted by Gasteiger charge is -2.27. The molecule has 1 rings (SSSR count). The molecular formula is C11H10Cl5N3OS. The molecule has 3 N–H and O–H groups in total. The van der Waals surface area contributed by atoms with Crippen LogP contribution in [0.4, 0.5) is 5.69 Å². The van der Waals surface area contributed by atoms with Crippen molar-refractivity contribution in [2.45, 2.75) is 16.9 Å². The van der Waals surface area contributed by atoms with E-state index in [9.17, 15) is 4.79 Å². The number of halogens is 5. The van der Waals surface area contributed by atoms with Crippen molar-refractivity contribution in [3.63, 3.8) is 0 Å². The summed E-state index contributed by atoms with van der Waals surface area (Å²) in [5, 5.41) is 8.70. The van der Waals surface area contributed by atoms with Crippen LogP contribution in [0.15, 0.2) is 18.2 Å². The molecule has 1 atom stereocenters. The molecular weight excluding hydrogens is 399 g/mol. The lowest BCUT2D eigenvalue weighted by atomic mass is 10.3. The third-order valence-electron chi connectivity index (χ3n) is 2.15. The van der Waals surface area contributed by atoms with Gasteiger partial charge < -0.3 is 16.0 Å². The minimum atomic E-state index is -1.80. The molecule has 0 aliphatic rings. The number of alkyl halides is 3. The average Bonchev–Trinajstić information content (AvgIpc) is 2.31. The van der Waals surface area contributed by atoms with Crippen molar-refractivity contribution < 1.29 is 4.79 Å². The molecule has 0 bridgehead atoms. The van der Waals surface area contributed by atoms with Crippen LogP contribution >= 0.6 is 70.2 Å². The van der Waals surface area contributed by atoms with Gasteiger partial charge in [-0.1, -0.05) is 64.1 Å². The monoisotopic (exact) mass is 407 g/mol. The lowest BCUT2D eigenvalue weighted by Crippen LogP contribution is -2.55. The lowest BCUT2D eigenvalue weighted by molar-refractivity contribution is -0.119. The first-order valence-corrected chi connectivity index (χ1v) is 7.76. The summed E-state index contributed by atoms with van der Waals surface area (Å²) in [5.41, 5.74) is 0.407. The topological polar surface area (TPSA) is 53.2 Å². The molecule has 0 fully saturated rings. The smallest absolute Gasteiger partial charge is 0.228 e. The third kappa shape index (κ3) is 6.22. The molecule has 0 heterocycles. The second-order valence-corrected chi connectivity index (χ2v) is 7.46. The molecule has 0 aliphatic carbocycles.